The van der Waals surface area contributed by atoms with E-state index >= 15 is 0 Å². The van der Waals surface area contributed by atoms with Gasteiger partial charge in [0.05, 0.1) is 6.21 Å². The lowest BCUT2D eigenvalue weighted by Crippen LogP contribution is -2.24. The molecule has 0 aliphatic heterocycles. The molecule has 0 bridgehead atoms. The van der Waals surface area contributed by atoms with Gasteiger partial charge >= 0.3 is 0 Å². The Hall–Kier alpha value is -2.14. The molecule has 0 radical (unpaired) electrons. The number of hydrogen-bond donors (Lipinski definition) is 1. The Balaban J connectivity index is 1.79. The van der Waals surface area contributed by atoms with Gasteiger partial charge in [-0.3, -0.25) is 4.79 Å². The van der Waals surface area contributed by atoms with Gasteiger partial charge < -0.3 is 4.74 Å². The van der Waals surface area contributed by atoms with E-state index in [1.54, 1.807) is 17.6 Å². The number of nitrogens with one attached hydrogen (secondary N) is 1. The van der Waals surface area contributed by atoms with Crippen molar-refractivity contribution in [3.63, 3.8) is 0 Å². The van der Waals surface area contributed by atoms with Gasteiger partial charge in [-0.2, -0.15) is 5.10 Å². The number of rotatable bonds is 5. The number of carbonyl (C=O) groups excluding carboxylic acids is 1. The molecule has 2 rings (SSSR count). The summed E-state index contributed by atoms with van der Waals surface area (Å²) in [4.78, 5) is 13.8. The number of carbonyl (C=O) groups is 1. The number of thiophene rings is 1. The predicted octanol–water partition coefficient (Wildman–Crippen LogP) is 3.20. The van der Waals surface area contributed by atoms with Crippen molar-refractivity contribution in [2.24, 2.45) is 5.10 Å². The molecule has 0 unspecified atom stereocenters. The third kappa shape index (κ3) is 4.72. The summed E-state index contributed by atoms with van der Waals surface area (Å²) in [5.74, 6) is 0.406. The smallest absolute Gasteiger partial charge is 0.277 e. The molecular weight excluding hydrogens is 284 g/mol. The van der Waals surface area contributed by atoms with E-state index in [0.29, 0.717) is 5.75 Å². The van der Waals surface area contributed by atoms with Crippen LogP contribution in [0.3, 0.4) is 0 Å². The standard InChI is InChI=1S/C16H18N2O2S/c1-11-4-6-14(8-12(11)2)20-10-16(19)18-17-9-15-7-5-13(3)21-15/h4-9H,10H2,1-3H3,(H,18,19). The summed E-state index contributed by atoms with van der Waals surface area (Å²) in [7, 11) is 0. The van der Waals surface area contributed by atoms with Crippen molar-refractivity contribution in [1.82, 2.24) is 5.43 Å². The fourth-order valence-electron chi connectivity index (χ4n) is 1.68. The lowest BCUT2D eigenvalue weighted by Gasteiger charge is -2.07. The van der Waals surface area contributed by atoms with Gasteiger partial charge in [0.15, 0.2) is 6.61 Å². The topological polar surface area (TPSA) is 50.7 Å². The lowest BCUT2D eigenvalue weighted by molar-refractivity contribution is -0.123. The third-order valence-corrected chi connectivity index (χ3v) is 3.93. The summed E-state index contributed by atoms with van der Waals surface area (Å²) < 4.78 is 5.43. The zero-order valence-electron chi connectivity index (χ0n) is 12.3. The zero-order chi connectivity index (χ0) is 15.2. The van der Waals surface area contributed by atoms with Crippen LogP contribution in [0.25, 0.3) is 0 Å². The Bertz CT molecular complexity index is 662. The molecule has 21 heavy (non-hydrogen) atoms. The molecule has 0 aliphatic rings. The van der Waals surface area contributed by atoms with Crippen molar-refractivity contribution in [2.45, 2.75) is 20.8 Å². The summed E-state index contributed by atoms with van der Waals surface area (Å²) >= 11 is 1.62. The minimum Gasteiger partial charge on any atom is -0.484 e. The maximum Gasteiger partial charge on any atom is 0.277 e. The molecular formula is C16H18N2O2S. The Morgan fingerprint density at radius 1 is 1.24 bits per heavy atom. The van der Waals surface area contributed by atoms with E-state index in [4.69, 9.17) is 4.74 Å². The van der Waals surface area contributed by atoms with Crippen molar-refractivity contribution in [3.05, 3.63) is 51.2 Å². The van der Waals surface area contributed by atoms with Gasteiger partial charge in [0.1, 0.15) is 5.75 Å². The number of amides is 1. The predicted molar refractivity (Wildman–Crippen MR) is 86.2 cm³/mol. The second-order valence-electron chi connectivity index (χ2n) is 4.78. The van der Waals surface area contributed by atoms with Crippen LogP contribution < -0.4 is 10.2 Å². The first-order chi connectivity index (χ1) is 10.0. The van der Waals surface area contributed by atoms with Gasteiger partial charge in [0.25, 0.3) is 5.91 Å². The Labute approximate surface area is 128 Å². The van der Waals surface area contributed by atoms with Crippen LogP contribution in [0.5, 0.6) is 5.75 Å². The second-order valence-corrected chi connectivity index (χ2v) is 6.10. The minimum absolute atomic E-state index is 0.0523. The van der Waals surface area contributed by atoms with Crippen LogP contribution in [0.2, 0.25) is 0 Å². The van der Waals surface area contributed by atoms with E-state index in [-0.39, 0.29) is 12.5 Å². The first-order valence-electron chi connectivity index (χ1n) is 6.63. The number of benzene rings is 1. The monoisotopic (exact) mass is 302 g/mol. The number of ether oxygens (including phenoxy) is 1. The molecule has 0 saturated heterocycles. The summed E-state index contributed by atoms with van der Waals surface area (Å²) in [5.41, 5.74) is 4.78. The highest BCUT2D eigenvalue weighted by molar-refractivity contribution is 7.13. The molecule has 1 amide bonds. The lowest BCUT2D eigenvalue weighted by atomic mass is 10.1. The van der Waals surface area contributed by atoms with E-state index in [2.05, 4.69) is 10.5 Å². The summed E-state index contributed by atoms with van der Waals surface area (Å²) in [6.07, 6.45) is 1.63. The maximum absolute atomic E-state index is 11.6. The Morgan fingerprint density at radius 3 is 2.71 bits per heavy atom. The van der Waals surface area contributed by atoms with Crippen LogP contribution in [-0.4, -0.2) is 18.7 Å². The largest absolute Gasteiger partial charge is 0.484 e. The van der Waals surface area contributed by atoms with Crippen molar-refractivity contribution < 1.29 is 9.53 Å². The highest BCUT2D eigenvalue weighted by atomic mass is 32.1. The third-order valence-electron chi connectivity index (χ3n) is 2.99. The first-order valence-corrected chi connectivity index (χ1v) is 7.44. The zero-order valence-corrected chi connectivity index (χ0v) is 13.2. The SMILES string of the molecule is Cc1ccc(C=NNC(=O)COc2ccc(C)c(C)c2)s1. The second kappa shape index (κ2) is 7.04. The minimum atomic E-state index is -0.280. The molecule has 2 aromatic rings. The van der Waals surface area contributed by atoms with E-state index < -0.39 is 0 Å². The molecule has 1 aromatic heterocycles. The van der Waals surface area contributed by atoms with Gasteiger partial charge in [-0.05, 0) is 56.2 Å². The van der Waals surface area contributed by atoms with Crippen molar-refractivity contribution in [3.8, 4) is 5.75 Å². The summed E-state index contributed by atoms with van der Waals surface area (Å²) in [6.45, 7) is 6.02. The molecule has 0 spiro atoms. The average molecular weight is 302 g/mol. The van der Waals surface area contributed by atoms with Gasteiger partial charge in [-0.15, -0.1) is 11.3 Å². The molecule has 0 atom stereocenters. The highest BCUT2D eigenvalue weighted by Crippen LogP contribution is 2.16. The Morgan fingerprint density at radius 2 is 2.05 bits per heavy atom. The molecule has 1 N–H and O–H groups in total. The van der Waals surface area contributed by atoms with E-state index in [1.807, 2.05) is 51.1 Å². The first kappa shape index (κ1) is 15.3. The van der Waals surface area contributed by atoms with Crippen LogP contribution in [0.4, 0.5) is 0 Å². The quantitative estimate of drug-likeness (QED) is 0.681. The molecule has 0 aliphatic carbocycles. The maximum atomic E-state index is 11.6. The summed E-state index contributed by atoms with van der Waals surface area (Å²) in [5, 5.41) is 3.90. The van der Waals surface area contributed by atoms with Crippen molar-refractivity contribution in [2.75, 3.05) is 6.61 Å². The number of hydrazone groups is 1. The molecule has 0 saturated carbocycles. The average Bonchev–Trinajstić information content (AvgIpc) is 2.86. The number of aryl methyl sites for hydroxylation is 3. The molecule has 1 heterocycles. The van der Waals surface area contributed by atoms with E-state index in [1.165, 1.54) is 10.4 Å². The van der Waals surface area contributed by atoms with Crippen molar-refractivity contribution in [1.29, 1.82) is 0 Å². The molecule has 110 valence electrons. The van der Waals surface area contributed by atoms with Crippen molar-refractivity contribution >= 4 is 23.5 Å². The number of nitrogens with zero attached hydrogens (tertiary/aromatic N) is 1. The van der Waals surface area contributed by atoms with E-state index in [9.17, 15) is 4.79 Å². The molecule has 1 aromatic carbocycles. The molecule has 5 heteroatoms. The van der Waals surface area contributed by atoms with E-state index in [0.717, 1.165) is 10.4 Å². The Kier molecular flexibility index (Phi) is 5.11. The van der Waals surface area contributed by atoms with Gasteiger partial charge in [-0.1, -0.05) is 6.07 Å². The highest BCUT2D eigenvalue weighted by Gasteiger charge is 2.02. The van der Waals surface area contributed by atoms with Crippen LogP contribution in [0.15, 0.2) is 35.4 Å². The van der Waals surface area contributed by atoms with Crippen LogP contribution in [-0.2, 0) is 4.79 Å². The van der Waals surface area contributed by atoms with Crippen LogP contribution in [0, 0.1) is 20.8 Å². The van der Waals surface area contributed by atoms with Gasteiger partial charge in [-0.25, -0.2) is 5.43 Å². The van der Waals surface area contributed by atoms with Gasteiger partial charge in [0, 0.05) is 9.75 Å². The molecule has 4 nitrogen and oxygen atoms in total. The summed E-state index contributed by atoms with van der Waals surface area (Å²) in [6, 6.07) is 9.71. The van der Waals surface area contributed by atoms with Gasteiger partial charge in [0.2, 0.25) is 0 Å². The molecule has 0 fully saturated rings. The van der Waals surface area contributed by atoms with Crippen LogP contribution >= 0.6 is 11.3 Å². The number of hydrogen-bond acceptors (Lipinski definition) is 4. The fraction of sp³-hybridized carbons (Fsp3) is 0.250. The fourth-order valence-corrected chi connectivity index (χ4v) is 2.42. The normalized spacial score (nSPS) is 10.8. The van der Waals surface area contributed by atoms with Crippen LogP contribution in [0.1, 0.15) is 20.9 Å².